The molecule has 0 saturated carbocycles. The Hall–Kier alpha value is -1.55. The number of nitrogens with one attached hydrogen (secondary N) is 1. The second kappa shape index (κ2) is 4.61. The maximum Gasteiger partial charge on any atom is 0.330 e. The minimum atomic E-state index is -1.63. The molecule has 0 spiro atoms. The summed E-state index contributed by atoms with van der Waals surface area (Å²) in [7, 11) is 0. The number of aliphatic hydroxyl groups is 3. The summed E-state index contributed by atoms with van der Waals surface area (Å²) in [6, 6.07) is 0. The van der Waals surface area contributed by atoms with Gasteiger partial charge < -0.3 is 20.1 Å². The predicted molar refractivity (Wildman–Crippen MR) is 54.3 cm³/mol. The van der Waals surface area contributed by atoms with E-state index < -0.39 is 41.6 Å². The molecule has 0 unspecified atom stereocenters. The number of hydrogen-bond acceptors (Lipinski definition) is 6. The van der Waals surface area contributed by atoms with Crippen molar-refractivity contribution in [3.05, 3.63) is 32.9 Å². The molecular weight excluding hydrogens is 251 g/mol. The number of H-pyrrole nitrogens is 1. The maximum atomic E-state index is 13.1. The van der Waals surface area contributed by atoms with Gasteiger partial charge in [-0.15, -0.1) is 0 Å². The third kappa shape index (κ3) is 2.08. The Balaban J connectivity index is 2.41. The average molecular weight is 262 g/mol. The quantitative estimate of drug-likeness (QED) is 0.436. The Morgan fingerprint density at radius 3 is 2.67 bits per heavy atom. The molecule has 0 amide bonds. The van der Waals surface area contributed by atoms with Crippen LogP contribution in [0.4, 0.5) is 4.39 Å². The summed E-state index contributed by atoms with van der Waals surface area (Å²) < 4.78 is 18.6. The van der Waals surface area contributed by atoms with E-state index in [1.54, 1.807) is 4.98 Å². The first-order chi connectivity index (χ1) is 8.41. The molecule has 1 aliphatic heterocycles. The average Bonchev–Trinajstić information content (AvgIpc) is 2.32. The van der Waals surface area contributed by atoms with Crippen LogP contribution in [0.3, 0.4) is 0 Å². The zero-order valence-corrected chi connectivity index (χ0v) is 8.99. The van der Waals surface area contributed by atoms with E-state index in [4.69, 9.17) is 4.74 Å². The van der Waals surface area contributed by atoms with Crippen LogP contribution in [-0.2, 0) is 4.74 Å². The predicted octanol–water partition coefficient (Wildman–Crippen LogP) is -2.71. The van der Waals surface area contributed by atoms with Gasteiger partial charge in [0.25, 0.3) is 5.56 Å². The molecule has 1 aromatic rings. The van der Waals surface area contributed by atoms with Crippen molar-refractivity contribution in [3.8, 4) is 0 Å². The van der Waals surface area contributed by atoms with E-state index in [1.807, 2.05) is 0 Å². The zero-order chi connectivity index (χ0) is 13.4. The molecule has 1 aliphatic rings. The van der Waals surface area contributed by atoms with Gasteiger partial charge in [0.15, 0.2) is 6.23 Å². The van der Waals surface area contributed by atoms with Gasteiger partial charge in [0, 0.05) is 0 Å². The minimum Gasteiger partial charge on any atom is -0.388 e. The van der Waals surface area contributed by atoms with Crippen LogP contribution in [0.1, 0.15) is 6.23 Å². The smallest absolute Gasteiger partial charge is 0.330 e. The van der Waals surface area contributed by atoms with E-state index >= 15 is 0 Å². The highest BCUT2D eigenvalue weighted by atomic mass is 19.1. The van der Waals surface area contributed by atoms with Crippen molar-refractivity contribution in [2.75, 3.05) is 6.61 Å². The summed E-state index contributed by atoms with van der Waals surface area (Å²) >= 11 is 0. The fourth-order valence-electron chi connectivity index (χ4n) is 1.69. The third-order valence-electron chi connectivity index (χ3n) is 2.67. The largest absolute Gasteiger partial charge is 0.388 e. The first-order valence-corrected chi connectivity index (χ1v) is 5.08. The lowest BCUT2D eigenvalue weighted by molar-refractivity contribution is -0.212. The van der Waals surface area contributed by atoms with Crippen molar-refractivity contribution in [3.63, 3.8) is 0 Å². The molecule has 1 aromatic heterocycles. The standard InChI is InChI=1S/C9H11FN2O6/c10-3-1-12(9(17)11-7(3)16)8-6(15)5(14)4(13)2-18-8/h1,4-6,8,13-15H,2H2,(H,11,16,17)/t4-,5-,6-,8+/m0/s1. The number of halogens is 1. The number of ether oxygens (including phenoxy) is 1. The maximum absolute atomic E-state index is 13.1. The van der Waals surface area contributed by atoms with E-state index in [-0.39, 0.29) is 6.61 Å². The molecule has 0 aromatic carbocycles. The molecule has 4 N–H and O–H groups in total. The molecular formula is C9H11FN2O6. The van der Waals surface area contributed by atoms with Crippen LogP contribution in [0, 0.1) is 5.82 Å². The third-order valence-corrected chi connectivity index (χ3v) is 2.67. The second-order valence-corrected chi connectivity index (χ2v) is 3.92. The second-order valence-electron chi connectivity index (χ2n) is 3.92. The monoisotopic (exact) mass is 262 g/mol. The van der Waals surface area contributed by atoms with Crippen molar-refractivity contribution < 1.29 is 24.4 Å². The van der Waals surface area contributed by atoms with Gasteiger partial charge in [-0.3, -0.25) is 14.3 Å². The molecule has 4 atom stereocenters. The van der Waals surface area contributed by atoms with Crippen molar-refractivity contribution in [1.29, 1.82) is 0 Å². The van der Waals surface area contributed by atoms with Gasteiger partial charge in [-0.25, -0.2) is 4.79 Å². The van der Waals surface area contributed by atoms with Gasteiger partial charge in [-0.05, 0) is 0 Å². The lowest BCUT2D eigenvalue weighted by Gasteiger charge is -2.35. The normalized spacial score (nSPS) is 32.4. The zero-order valence-electron chi connectivity index (χ0n) is 8.99. The Labute approximate surface area is 98.9 Å². The Morgan fingerprint density at radius 2 is 2.00 bits per heavy atom. The highest BCUT2D eigenvalue weighted by Crippen LogP contribution is 2.22. The van der Waals surface area contributed by atoms with Crippen molar-refractivity contribution in [2.24, 2.45) is 0 Å². The van der Waals surface area contributed by atoms with Crippen LogP contribution >= 0.6 is 0 Å². The van der Waals surface area contributed by atoms with Crippen molar-refractivity contribution in [1.82, 2.24) is 9.55 Å². The highest BCUT2D eigenvalue weighted by Gasteiger charge is 2.39. The Morgan fingerprint density at radius 1 is 1.33 bits per heavy atom. The van der Waals surface area contributed by atoms with Gasteiger partial charge in [0.1, 0.15) is 18.3 Å². The van der Waals surface area contributed by atoms with E-state index in [0.717, 1.165) is 0 Å². The molecule has 2 heterocycles. The van der Waals surface area contributed by atoms with Gasteiger partial charge >= 0.3 is 5.69 Å². The summed E-state index contributed by atoms with van der Waals surface area (Å²) in [5.74, 6) is -1.23. The van der Waals surface area contributed by atoms with Gasteiger partial charge in [0.05, 0.1) is 12.8 Å². The van der Waals surface area contributed by atoms with Crippen molar-refractivity contribution >= 4 is 0 Å². The lowest BCUT2D eigenvalue weighted by atomic mass is 10.0. The molecule has 8 nitrogen and oxygen atoms in total. The summed E-state index contributed by atoms with van der Waals surface area (Å²) in [6.45, 7) is -0.337. The number of nitrogens with zero attached hydrogens (tertiary/aromatic N) is 1. The summed E-state index contributed by atoms with van der Waals surface area (Å²) in [6.07, 6.45) is -5.29. The molecule has 0 radical (unpaired) electrons. The summed E-state index contributed by atoms with van der Waals surface area (Å²) in [4.78, 5) is 24.0. The van der Waals surface area contributed by atoms with Crippen LogP contribution in [0.25, 0.3) is 0 Å². The first-order valence-electron chi connectivity index (χ1n) is 5.08. The molecule has 1 fully saturated rings. The Bertz CT molecular complexity index is 555. The van der Waals surface area contributed by atoms with Gasteiger partial charge in [-0.2, -0.15) is 4.39 Å². The van der Waals surface area contributed by atoms with Gasteiger partial charge in [-0.1, -0.05) is 0 Å². The fraction of sp³-hybridized carbons (Fsp3) is 0.556. The highest BCUT2D eigenvalue weighted by molar-refractivity contribution is 4.92. The van der Waals surface area contributed by atoms with Crippen LogP contribution in [0.15, 0.2) is 15.8 Å². The number of hydrogen-bond donors (Lipinski definition) is 4. The topological polar surface area (TPSA) is 125 Å². The van der Waals surface area contributed by atoms with Crippen LogP contribution < -0.4 is 11.2 Å². The first kappa shape index (κ1) is 12.9. The lowest BCUT2D eigenvalue weighted by Crippen LogP contribution is -2.53. The molecule has 0 bridgehead atoms. The van der Waals surface area contributed by atoms with E-state index in [0.29, 0.717) is 10.8 Å². The van der Waals surface area contributed by atoms with E-state index in [1.165, 1.54) is 0 Å². The SMILES string of the molecule is O=c1[nH]c(=O)n([C@@H]2OC[C@H](O)[C@H](O)[C@@H]2O)cc1F. The van der Waals surface area contributed by atoms with Crippen LogP contribution in [-0.4, -0.2) is 49.8 Å². The minimum absolute atomic E-state index is 0.337. The summed E-state index contributed by atoms with van der Waals surface area (Å²) in [5, 5.41) is 28.3. The van der Waals surface area contributed by atoms with Crippen molar-refractivity contribution in [2.45, 2.75) is 24.5 Å². The van der Waals surface area contributed by atoms with Crippen LogP contribution in [0.2, 0.25) is 0 Å². The number of aromatic amines is 1. The molecule has 100 valence electrons. The van der Waals surface area contributed by atoms with E-state index in [9.17, 15) is 29.3 Å². The molecule has 9 heteroatoms. The van der Waals surface area contributed by atoms with Crippen LogP contribution in [0.5, 0.6) is 0 Å². The number of aliphatic hydroxyl groups excluding tert-OH is 3. The molecule has 1 saturated heterocycles. The molecule has 18 heavy (non-hydrogen) atoms. The fourth-order valence-corrected chi connectivity index (χ4v) is 1.69. The van der Waals surface area contributed by atoms with Gasteiger partial charge in [0.2, 0.25) is 5.82 Å². The molecule has 2 rings (SSSR count). The summed E-state index contributed by atoms with van der Waals surface area (Å²) in [5.41, 5.74) is -2.18. The number of aromatic nitrogens is 2. The molecule has 0 aliphatic carbocycles. The van der Waals surface area contributed by atoms with E-state index in [2.05, 4.69) is 0 Å². The number of rotatable bonds is 1. The Kier molecular flexibility index (Phi) is 3.30.